The number of rotatable bonds is 5. The number of amides is 1. The number of carbonyl (C=O) groups is 1. The molecule has 0 unspecified atom stereocenters. The molecule has 0 spiro atoms. The summed E-state index contributed by atoms with van der Waals surface area (Å²) < 4.78 is 12.8. The van der Waals surface area contributed by atoms with Crippen LogP contribution in [0.25, 0.3) is 22.6 Å². The number of anilines is 1. The number of halogens is 1. The number of nitrogens with zero attached hydrogens (tertiary/aromatic N) is 1. The summed E-state index contributed by atoms with van der Waals surface area (Å²) in [6.45, 7) is 7.45. The van der Waals surface area contributed by atoms with Gasteiger partial charge in [0.25, 0.3) is 5.91 Å². The number of fused-ring (bicyclic) bond motifs is 1. The number of hydrogen-bond acceptors (Lipinski definition) is 4. The van der Waals surface area contributed by atoms with Gasteiger partial charge >= 0.3 is 0 Å². The number of ether oxygens (including phenoxy) is 1. The largest absolute Gasteiger partial charge is 0.478 e. The van der Waals surface area contributed by atoms with Crippen LogP contribution in [-0.2, 0) is 4.79 Å². The van der Waals surface area contributed by atoms with Gasteiger partial charge in [0.15, 0.2) is 11.2 Å². The lowest BCUT2D eigenvalue weighted by atomic mass is 10.1. The van der Waals surface area contributed by atoms with E-state index in [4.69, 9.17) is 9.15 Å². The van der Waals surface area contributed by atoms with E-state index in [0.29, 0.717) is 17.3 Å². The predicted molar refractivity (Wildman–Crippen MR) is 126 cm³/mol. The van der Waals surface area contributed by atoms with Crippen LogP contribution in [0.1, 0.15) is 25.0 Å². The molecular weight excluding hydrogens is 456 g/mol. The SMILES string of the molecule is Cc1ccc2oc(-c3ccc(C)c(NC(=O)C(C)(C)Oc4ccc(Br)cc4)c3)nc2c1. The lowest BCUT2D eigenvalue weighted by molar-refractivity contribution is -0.128. The summed E-state index contributed by atoms with van der Waals surface area (Å²) in [4.78, 5) is 17.6. The third-order valence-electron chi connectivity index (χ3n) is 5.01. The van der Waals surface area contributed by atoms with Crippen LogP contribution in [0.5, 0.6) is 5.75 Å². The third-order valence-corrected chi connectivity index (χ3v) is 5.54. The maximum Gasteiger partial charge on any atom is 0.267 e. The number of aromatic nitrogens is 1. The smallest absolute Gasteiger partial charge is 0.267 e. The summed E-state index contributed by atoms with van der Waals surface area (Å²) in [6, 6.07) is 19.0. The van der Waals surface area contributed by atoms with Gasteiger partial charge in [-0.15, -0.1) is 0 Å². The molecule has 0 atom stereocenters. The van der Waals surface area contributed by atoms with E-state index in [9.17, 15) is 4.79 Å². The highest BCUT2D eigenvalue weighted by Gasteiger charge is 2.30. The van der Waals surface area contributed by atoms with E-state index < -0.39 is 5.60 Å². The first-order valence-electron chi connectivity index (χ1n) is 9.95. The van der Waals surface area contributed by atoms with Gasteiger partial charge in [0.1, 0.15) is 11.3 Å². The fourth-order valence-electron chi connectivity index (χ4n) is 3.17. The summed E-state index contributed by atoms with van der Waals surface area (Å²) in [6.07, 6.45) is 0. The summed E-state index contributed by atoms with van der Waals surface area (Å²) >= 11 is 3.40. The molecule has 158 valence electrons. The van der Waals surface area contributed by atoms with E-state index >= 15 is 0 Å². The molecule has 0 fully saturated rings. The van der Waals surface area contributed by atoms with Crippen molar-refractivity contribution in [2.45, 2.75) is 33.3 Å². The minimum absolute atomic E-state index is 0.246. The second-order valence-electron chi connectivity index (χ2n) is 8.04. The Bertz CT molecular complexity index is 1260. The number of oxazole rings is 1. The molecule has 1 amide bonds. The molecule has 1 aromatic heterocycles. The topological polar surface area (TPSA) is 64.4 Å². The Labute approximate surface area is 189 Å². The molecule has 0 aliphatic carbocycles. The van der Waals surface area contributed by atoms with Gasteiger partial charge < -0.3 is 14.5 Å². The fourth-order valence-corrected chi connectivity index (χ4v) is 3.43. The molecule has 3 aromatic carbocycles. The fraction of sp³-hybridized carbons (Fsp3) is 0.200. The van der Waals surface area contributed by atoms with Gasteiger partial charge in [-0.05, 0) is 87.4 Å². The maximum absolute atomic E-state index is 13.0. The first-order valence-corrected chi connectivity index (χ1v) is 10.7. The molecule has 4 aromatic rings. The first-order chi connectivity index (χ1) is 14.7. The lowest BCUT2D eigenvalue weighted by Gasteiger charge is -2.26. The van der Waals surface area contributed by atoms with E-state index in [-0.39, 0.29) is 5.91 Å². The summed E-state index contributed by atoms with van der Waals surface area (Å²) in [5, 5.41) is 2.99. The average molecular weight is 479 g/mol. The second kappa shape index (κ2) is 8.19. The van der Waals surface area contributed by atoms with Crippen LogP contribution >= 0.6 is 15.9 Å². The minimum atomic E-state index is -1.06. The van der Waals surface area contributed by atoms with Crippen LogP contribution in [0.4, 0.5) is 5.69 Å². The number of aryl methyl sites for hydroxylation is 2. The highest BCUT2D eigenvalue weighted by molar-refractivity contribution is 9.10. The van der Waals surface area contributed by atoms with Crippen LogP contribution in [0.3, 0.4) is 0 Å². The monoisotopic (exact) mass is 478 g/mol. The van der Waals surface area contributed by atoms with Crippen LogP contribution in [-0.4, -0.2) is 16.5 Å². The van der Waals surface area contributed by atoms with Gasteiger partial charge in [-0.3, -0.25) is 4.79 Å². The number of hydrogen-bond donors (Lipinski definition) is 1. The van der Waals surface area contributed by atoms with Gasteiger partial charge in [-0.25, -0.2) is 4.98 Å². The molecule has 0 radical (unpaired) electrons. The Balaban J connectivity index is 1.57. The van der Waals surface area contributed by atoms with Crippen molar-refractivity contribution in [2.75, 3.05) is 5.32 Å². The van der Waals surface area contributed by atoms with Crippen LogP contribution in [0, 0.1) is 13.8 Å². The van der Waals surface area contributed by atoms with Crippen LogP contribution in [0.2, 0.25) is 0 Å². The van der Waals surface area contributed by atoms with E-state index in [1.54, 1.807) is 13.8 Å². The molecule has 1 N–H and O–H groups in total. The van der Waals surface area contributed by atoms with Crippen molar-refractivity contribution in [3.8, 4) is 17.2 Å². The van der Waals surface area contributed by atoms with Crippen LogP contribution in [0.15, 0.2) is 69.6 Å². The van der Waals surface area contributed by atoms with Gasteiger partial charge in [0, 0.05) is 15.7 Å². The summed E-state index contributed by atoms with van der Waals surface area (Å²) in [5.74, 6) is 0.890. The molecule has 6 heteroatoms. The Morgan fingerprint density at radius 3 is 2.52 bits per heavy atom. The van der Waals surface area contributed by atoms with Crippen molar-refractivity contribution in [1.29, 1.82) is 0 Å². The molecule has 0 aliphatic rings. The second-order valence-corrected chi connectivity index (χ2v) is 8.96. The molecule has 5 nitrogen and oxygen atoms in total. The van der Waals surface area contributed by atoms with Crippen molar-refractivity contribution >= 4 is 38.6 Å². The van der Waals surface area contributed by atoms with Crippen molar-refractivity contribution < 1.29 is 13.9 Å². The Morgan fingerprint density at radius 1 is 1.03 bits per heavy atom. The van der Waals surface area contributed by atoms with Gasteiger partial charge in [-0.2, -0.15) is 0 Å². The Morgan fingerprint density at radius 2 is 1.77 bits per heavy atom. The maximum atomic E-state index is 13.0. The molecule has 0 aliphatic heterocycles. The first kappa shape index (κ1) is 21.1. The van der Waals surface area contributed by atoms with Gasteiger partial charge in [0.2, 0.25) is 5.89 Å². The van der Waals surface area contributed by atoms with E-state index in [2.05, 4.69) is 26.2 Å². The van der Waals surface area contributed by atoms with E-state index in [0.717, 1.165) is 32.3 Å². The standard InChI is InChI=1S/C25H23BrN2O3/c1-15-5-12-22-21(13-15)27-23(30-22)17-7-6-16(2)20(14-17)28-24(29)25(3,4)31-19-10-8-18(26)9-11-19/h5-14H,1-4H3,(H,28,29). The Hall–Kier alpha value is -3.12. The van der Waals surface area contributed by atoms with E-state index in [1.807, 2.05) is 74.5 Å². The van der Waals surface area contributed by atoms with Gasteiger partial charge in [0.05, 0.1) is 0 Å². The highest BCUT2D eigenvalue weighted by atomic mass is 79.9. The number of nitrogens with one attached hydrogen (secondary N) is 1. The number of carbonyl (C=O) groups excluding carboxylic acids is 1. The minimum Gasteiger partial charge on any atom is -0.478 e. The quantitative estimate of drug-likeness (QED) is 0.347. The molecular formula is C25H23BrN2O3. The molecule has 0 saturated heterocycles. The lowest BCUT2D eigenvalue weighted by Crippen LogP contribution is -2.42. The molecule has 4 rings (SSSR count). The zero-order valence-corrected chi connectivity index (χ0v) is 19.4. The summed E-state index contributed by atoms with van der Waals surface area (Å²) in [5.41, 5.74) is 4.02. The molecule has 1 heterocycles. The third kappa shape index (κ3) is 4.64. The van der Waals surface area contributed by atoms with Crippen molar-refractivity contribution in [2.24, 2.45) is 0 Å². The number of benzene rings is 3. The van der Waals surface area contributed by atoms with Crippen LogP contribution < -0.4 is 10.1 Å². The Kier molecular flexibility index (Phi) is 5.58. The highest BCUT2D eigenvalue weighted by Crippen LogP contribution is 2.29. The summed E-state index contributed by atoms with van der Waals surface area (Å²) in [7, 11) is 0. The predicted octanol–water partition coefficient (Wildman–Crippen LogP) is 6.67. The van der Waals surface area contributed by atoms with Crippen molar-refractivity contribution in [1.82, 2.24) is 4.98 Å². The normalized spacial score (nSPS) is 11.5. The average Bonchev–Trinajstić information content (AvgIpc) is 3.14. The molecule has 0 saturated carbocycles. The molecule has 0 bridgehead atoms. The zero-order valence-electron chi connectivity index (χ0n) is 17.8. The molecule has 31 heavy (non-hydrogen) atoms. The van der Waals surface area contributed by atoms with Crippen molar-refractivity contribution in [3.05, 3.63) is 76.3 Å². The zero-order chi connectivity index (χ0) is 22.2. The van der Waals surface area contributed by atoms with Gasteiger partial charge in [-0.1, -0.05) is 28.1 Å². The van der Waals surface area contributed by atoms with Crippen molar-refractivity contribution in [3.63, 3.8) is 0 Å². The van der Waals surface area contributed by atoms with E-state index in [1.165, 1.54) is 0 Å².